The lowest BCUT2D eigenvalue weighted by molar-refractivity contribution is 0.0859. The minimum atomic E-state index is -0.204. The molecule has 1 aromatic rings. The molecule has 1 aliphatic carbocycles. The van der Waals surface area contributed by atoms with Crippen LogP contribution in [-0.4, -0.2) is 18.0 Å². The molecule has 110 valence electrons. The van der Waals surface area contributed by atoms with Gasteiger partial charge in [-0.05, 0) is 49.7 Å². The number of hydrogen-bond acceptors (Lipinski definition) is 2. The number of carbonyl (C=O) groups excluding carboxylic acids is 1. The molecule has 1 fully saturated rings. The molecule has 0 heterocycles. The Balaban J connectivity index is 2.13. The van der Waals surface area contributed by atoms with E-state index < -0.39 is 0 Å². The summed E-state index contributed by atoms with van der Waals surface area (Å²) >= 11 is 0. The summed E-state index contributed by atoms with van der Waals surface area (Å²) in [7, 11) is 0. The van der Waals surface area contributed by atoms with Crippen molar-refractivity contribution >= 4 is 5.91 Å². The summed E-state index contributed by atoms with van der Waals surface area (Å²) in [5.74, 6) is 0.775. The Hall–Kier alpha value is -1.35. The lowest BCUT2D eigenvalue weighted by atomic mass is 9.77. The quantitative estimate of drug-likeness (QED) is 0.887. The van der Waals surface area contributed by atoms with Crippen LogP contribution < -0.4 is 11.1 Å². The smallest absolute Gasteiger partial charge is 0.252 e. The maximum atomic E-state index is 12.6. The summed E-state index contributed by atoms with van der Waals surface area (Å²) in [4.78, 5) is 12.6. The monoisotopic (exact) mass is 274 g/mol. The van der Waals surface area contributed by atoms with E-state index in [-0.39, 0.29) is 11.4 Å². The van der Waals surface area contributed by atoms with Gasteiger partial charge in [0.15, 0.2) is 0 Å². The van der Waals surface area contributed by atoms with Crippen LogP contribution in [0.4, 0.5) is 0 Å². The maximum Gasteiger partial charge on any atom is 0.252 e. The SMILES string of the molecule is CCc1ccccc1C(=O)NC1(CN)CCC(C)CC1. The van der Waals surface area contributed by atoms with Gasteiger partial charge in [0.2, 0.25) is 0 Å². The van der Waals surface area contributed by atoms with Crippen molar-refractivity contribution in [2.45, 2.75) is 51.5 Å². The number of nitrogens with one attached hydrogen (secondary N) is 1. The summed E-state index contributed by atoms with van der Waals surface area (Å²) in [6, 6.07) is 7.83. The van der Waals surface area contributed by atoms with Gasteiger partial charge >= 0.3 is 0 Å². The topological polar surface area (TPSA) is 55.1 Å². The standard InChI is InChI=1S/C17H26N2O/c1-3-14-6-4-5-7-15(14)16(20)19-17(12-18)10-8-13(2)9-11-17/h4-7,13H,3,8-12,18H2,1-2H3,(H,19,20). The average molecular weight is 274 g/mol. The molecule has 3 nitrogen and oxygen atoms in total. The number of nitrogens with two attached hydrogens (primary N) is 1. The molecule has 2 rings (SSSR count). The summed E-state index contributed by atoms with van der Waals surface area (Å²) in [5.41, 5.74) is 7.65. The number of benzene rings is 1. The van der Waals surface area contributed by atoms with Gasteiger partial charge in [0.1, 0.15) is 0 Å². The zero-order valence-corrected chi connectivity index (χ0v) is 12.6. The molecule has 20 heavy (non-hydrogen) atoms. The minimum absolute atomic E-state index is 0.0300. The van der Waals surface area contributed by atoms with E-state index in [0.29, 0.717) is 6.54 Å². The third-order valence-electron chi connectivity index (χ3n) is 4.64. The lowest BCUT2D eigenvalue weighted by Crippen LogP contribution is -2.55. The van der Waals surface area contributed by atoms with Gasteiger partial charge in [-0.2, -0.15) is 0 Å². The van der Waals surface area contributed by atoms with Crippen molar-refractivity contribution in [3.05, 3.63) is 35.4 Å². The molecule has 0 radical (unpaired) electrons. The van der Waals surface area contributed by atoms with Gasteiger partial charge in [-0.3, -0.25) is 4.79 Å². The van der Waals surface area contributed by atoms with Gasteiger partial charge in [0, 0.05) is 12.1 Å². The Bertz CT molecular complexity index is 462. The fourth-order valence-corrected chi connectivity index (χ4v) is 3.05. The van der Waals surface area contributed by atoms with Gasteiger partial charge in [0.05, 0.1) is 5.54 Å². The van der Waals surface area contributed by atoms with E-state index in [9.17, 15) is 4.79 Å². The molecule has 0 aromatic heterocycles. The van der Waals surface area contributed by atoms with E-state index in [1.54, 1.807) is 0 Å². The summed E-state index contributed by atoms with van der Waals surface area (Å²) in [6.45, 7) is 4.88. The fourth-order valence-electron chi connectivity index (χ4n) is 3.05. The van der Waals surface area contributed by atoms with Crippen LogP contribution in [-0.2, 0) is 6.42 Å². The fraction of sp³-hybridized carbons (Fsp3) is 0.588. The molecular formula is C17H26N2O. The number of hydrogen-bond donors (Lipinski definition) is 2. The molecule has 0 bridgehead atoms. The second-order valence-electron chi connectivity index (χ2n) is 6.13. The second kappa shape index (κ2) is 6.40. The predicted molar refractivity (Wildman–Crippen MR) is 82.7 cm³/mol. The molecule has 3 N–H and O–H groups in total. The van der Waals surface area contributed by atoms with Crippen molar-refractivity contribution < 1.29 is 4.79 Å². The van der Waals surface area contributed by atoms with Crippen LogP contribution in [0.5, 0.6) is 0 Å². The zero-order chi connectivity index (χ0) is 14.6. The number of aryl methyl sites for hydroxylation is 1. The zero-order valence-electron chi connectivity index (χ0n) is 12.6. The molecule has 3 heteroatoms. The van der Waals surface area contributed by atoms with Gasteiger partial charge < -0.3 is 11.1 Å². The molecule has 0 unspecified atom stereocenters. The molecule has 0 atom stereocenters. The highest BCUT2D eigenvalue weighted by atomic mass is 16.1. The minimum Gasteiger partial charge on any atom is -0.345 e. The molecule has 1 saturated carbocycles. The first kappa shape index (κ1) is 15.0. The van der Waals surface area contributed by atoms with Crippen molar-refractivity contribution in [1.82, 2.24) is 5.32 Å². The molecule has 1 aliphatic rings. The molecule has 0 aliphatic heterocycles. The Labute approximate surface area is 121 Å². The summed E-state index contributed by atoms with van der Waals surface area (Å²) in [6.07, 6.45) is 5.14. The van der Waals surface area contributed by atoms with Crippen LogP contribution in [0.3, 0.4) is 0 Å². The second-order valence-corrected chi connectivity index (χ2v) is 6.13. The first-order chi connectivity index (χ1) is 9.60. The van der Waals surface area contributed by atoms with E-state index in [1.165, 1.54) is 0 Å². The van der Waals surface area contributed by atoms with Crippen molar-refractivity contribution in [2.24, 2.45) is 11.7 Å². The number of rotatable bonds is 4. The first-order valence-electron chi connectivity index (χ1n) is 7.70. The maximum absolute atomic E-state index is 12.6. The van der Waals surface area contributed by atoms with Crippen LogP contribution >= 0.6 is 0 Å². The third kappa shape index (κ3) is 3.21. The van der Waals surface area contributed by atoms with Crippen molar-refractivity contribution in [3.63, 3.8) is 0 Å². The van der Waals surface area contributed by atoms with E-state index in [1.807, 2.05) is 24.3 Å². The Morgan fingerprint density at radius 3 is 2.60 bits per heavy atom. The summed E-state index contributed by atoms with van der Waals surface area (Å²) < 4.78 is 0. The molecular weight excluding hydrogens is 248 g/mol. The largest absolute Gasteiger partial charge is 0.345 e. The van der Waals surface area contributed by atoms with Crippen molar-refractivity contribution in [2.75, 3.05) is 6.54 Å². The van der Waals surface area contributed by atoms with Crippen LogP contribution in [0.25, 0.3) is 0 Å². The molecule has 1 aromatic carbocycles. The van der Waals surface area contributed by atoms with Crippen LogP contribution in [0.1, 0.15) is 55.5 Å². The normalized spacial score (nSPS) is 26.2. The highest BCUT2D eigenvalue weighted by molar-refractivity contribution is 5.96. The average Bonchev–Trinajstić information content (AvgIpc) is 2.49. The summed E-state index contributed by atoms with van der Waals surface area (Å²) in [5, 5.41) is 3.23. The third-order valence-corrected chi connectivity index (χ3v) is 4.64. The Kier molecular flexibility index (Phi) is 4.81. The lowest BCUT2D eigenvalue weighted by Gasteiger charge is -2.39. The highest BCUT2D eigenvalue weighted by Crippen LogP contribution is 2.31. The van der Waals surface area contributed by atoms with Crippen molar-refractivity contribution in [3.8, 4) is 0 Å². The van der Waals surface area contributed by atoms with Crippen LogP contribution in [0, 0.1) is 5.92 Å². The van der Waals surface area contributed by atoms with Gasteiger partial charge in [0.25, 0.3) is 5.91 Å². The molecule has 1 amide bonds. The highest BCUT2D eigenvalue weighted by Gasteiger charge is 2.34. The van der Waals surface area contributed by atoms with Gasteiger partial charge in [-0.1, -0.05) is 32.0 Å². The van der Waals surface area contributed by atoms with Gasteiger partial charge in [-0.15, -0.1) is 0 Å². The van der Waals surface area contributed by atoms with E-state index in [4.69, 9.17) is 5.73 Å². The molecule has 0 saturated heterocycles. The number of carbonyl (C=O) groups is 1. The Morgan fingerprint density at radius 2 is 2.00 bits per heavy atom. The van der Waals surface area contributed by atoms with Crippen LogP contribution in [0.2, 0.25) is 0 Å². The van der Waals surface area contributed by atoms with E-state index in [0.717, 1.165) is 49.1 Å². The first-order valence-corrected chi connectivity index (χ1v) is 7.70. The van der Waals surface area contributed by atoms with Crippen molar-refractivity contribution in [1.29, 1.82) is 0 Å². The van der Waals surface area contributed by atoms with Crippen LogP contribution in [0.15, 0.2) is 24.3 Å². The predicted octanol–water partition coefficient (Wildman–Crippen LogP) is 2.89. The molecule has 0 spiro atoms. The Morgan fingerprint density at radius 1 is 1.35 bits per heavy atom. The number of amides is 1. The van der Waals surface area contributed by atoms with E-state index >= 15 is 0 Å². The van der Waals surface area contributed by atoms with Gasteiger partial charge in [-0.25, -0.2) is 0 Å². The van der Waals surface area contributed by atoms with E-state index in [2.05, 4.69) is 19.2 Å².